The monoisotopic (exact) mass is 270 g/mol. The Bertz CT molecular complexity index is 512. The summed E-state index contributed by atoms with van der Waals surface area (Å²) in [5, 5.41) is 3.30. The van der Waals surface area contributed by atoms with Crippen LogP contribution < -0.4 is 5.32 Å². The Hall–Kier alpha value is -1.38. The average molecular weight is 270 g/mol. The molecule has 0 aromatic carbocycles. The molecule has 0 spiro atoms. The molecule has 0 aliphatic heterocycles. The summed E-state index contributed by atoms with van der Waals surface area (Å²) in [4.78, 5) is 16.8. The van der Waals surface area contributed by atoms with E-state index in [0.717, 1.165) is 29.4 Å². The topological polar surface area (TPSA) is 42.0 Å². The molecule has 1 amide bonds. The van der Waals surface area contributed by atoms with Crippen LogP contribution >= 0.6 is 0 Å². The number of hydrogen-bond donors (Lipinski definition) is 1. The van der Waals surface area contributed by atoms with Gasteiger partial charge in [0.2, 0.25) is 0 Å². The van der Waals surface area contributed by atoms with Crippen LogP contribution in [-0.4, -0.2) is 16.9 Å². The minimum atomic E-state index is 0.0196. The fourth-order valence-corrected chi connectivity index (χ4v) is 5.06. The molecular formula is C17H22N2O. The standard InChI is InChI=1S/C17H22N2O/c1-10-3-2-4-15(18-10)17(20)19-16-13-6-11-5-12(8-13)9-14(16)7-11/h2-4,11-14,16H,5-9H2,1H3,(H,19,20). The zero-order valence-electron chi connectivity index (χ0n) is 12.0. The van der Waals surface area contributed by atoms with Crippen molar-refractivity contribution in [2.24, 2.45) is 23.7 Å². The lowest BCUT2D eigenvalue weighted by molar-refractivity contribution is -0.0120. The molecule has 1 heterocycles. The summed E-state index contributed by atoms with van der Waals surface area (Å²) in [7, 11) is 0. The second kappa shape index (κ2) is 4.57. The van der Waals surface area contributed by atoms with Gasteiger partial charge in [0.1, 0.15) is 5.69 Å². The highest BCUT2D eigenvalue weighted by atomic mass is 16.1. The van der Waals surface area contributed by atoms with Crippen molar-refractivity contribution in [2.75, 3.05) is 0 Å². The van der Waals surface area contributed by atoms with Crippen molar-refractivity contribution in [2.45, 2.75) is 45.1 Å². The molecule has 0 radical (unpaired) electrons. The summed E-state index contributed by atoms with van der Waals surface area (Å²) in [6.45, 7) is 1.93. The largest absolute Gasteiger partial charge is 0.347 e. The third-order valence-corrected chi connectivity index (χ3v) is 5.65. The van der Waals surface area contributed by atoms with Crippen LogP contribution in [0.2, 0.25) is 0 Å². The van der Waals surface area contributed by atoms with Gasteiger partial charge in [0.05, 0.1) is 0 Å². The maximum atomic E-state index is 12.4. The van der Waals surface area contributed by atoms with E-state index in [4.69, 9.17) is 0 Å². The predicted molar refractivity (Wildman–Crippen MR) is 77.3 cm³/mol. The first-order valence-corrected chi connectivity index (χ1v) is 7.93. The summed E-state index contributed by atoms with van der Waals surface area (Å²) >= 11 is 0. The Morgan fingerprint density at radius 1 is 1.10 bits per heavy atom. The van der Waals surface area contributed by atoms with Crippen molar-refractivity contribution in [3.8, 4) is 0 Å². The predicted octanol–water partition coefficient (Wildman–Crippen LogP) is 2.94. The maximum Gasteiger partial charge on any atom is 0.270 e. The van der Waals surface area contributed by atoms with Gasteiger partial charge in [-0.05, 0) is 74.8 Å². The highest BCUT2D eigenvalue weighted by molar-refractivity contribution is 5.92. The van der Waals surface area contributed by atoms with E-state index < -0.39 is 0 Å². The third kappa shape index (κ3) is 2.04. The minimum absolute atomic E-state index is 0.0196. The molecule has 0 unspecified atom stereocenters. The van der Waals surface area contributed by atoms with E-state index in [0.29, 0.717) is 11.7 Å². The van der Waals surface area contributed by atoms with Gasteiger partial charge >= 0.3 is 0 Å². The molecule has 4 bridgehead atoms. The van der Waals surface area contributed by atoms with Crippen LogP contribution in [0.25, 0.3) is 0 Å². The number of aromatic nitrogens is 1. The Kier molecular flexibility index (Phi) is 2.83. The molecule has 3 heteroatoms. The molecule has 0 saturated heterocycles. The normalized spacial score (nSPS) is 38.0. The Morgan fingerprint density at radius 3 is 2.35 bits per heavy atom. The van der Waals surface area contributed by atoms with Crippen molar-refractivity contribution >= 4 is 5.91 Å². The molecule has 4 aliphatic carbocycles. The minimum Gasteiger partial charge on any atom is -0.347 e. The molecule has 20 heavy (non-hydrogen) atoms. The fraction of sp³-hybridized carbons (Fsp3) is 0.647. The molecule has 4 aliphatic rings. The van der Waals surface area contributed by atoms with Crippen LogP contribution in [0.15, 0.2) is 18.2 Å². The number of nitrogens with zero attached hydrogens (tertiary/aromatic N) is 1. The Morgan fingerprint density at radius 2 is 1.75 bits per heavy atom. The molecule has 106 valence electrons. The number of nitrogens with one attached hydrogen (secondary N) is 1. The SMILES string of the molecule is Cc1cccc(C(=O)NC2C3CC4CC(C3)CC2C4)n1. The van der Waals surface area contributed by atoms with Gasteiger partial charge in [-0.2, -0.15) is 0 Å². The highest BCUT2D eigenvalue weighted by Crippen LogP contribution is 2.53. The zero-order chi connectivity index (χ0) is 13.7. The highest BCUT2D eigenvalue weighted by Gasteiger charge is 2.48. The molecule has 5 rings (SSSR count). The number of carbonyl (C=O) groups excluding carboxylic acids is 1. The van der Waals surface area contributed by atoms with Gasteiger partial charge in [0, 0.05) is 11.7 Å². The van der Waals surface area contributed by atoms with Gasteiger partial charge < -0.3 is 5.32 Å². The van der Waals surface area contributed by atoms with Gasteiger partial charge in [-0.25, -0.2) is 4.98 Å². The van der Waals surface area contributed by atoms with Gasteiger partial charge in [0.25, 0.3) is 5.91 Å². The molecular weight excluding hydrogens is 248 g/mol. The lowest BCUT2D eigenvalue weighted by Gasteiger charge is -2.54. The number of aryl methyl sites for hydroxylation is 1. The summed E-state index contributed by atoms with van der Waals surface area (Å²) in [6.07, 6.45) is 6.78. The molecule has 1 aromatic heterocycles. The fourth-order valence-electron chi connectivity index (χ4n) is 5.06. The van der Waals surface area contributed by atoms with E-state index in [1.807, 2.05) is 25.1 Å². The number of pyridine rings is 1. The van der Waals surface area contributed by atoms with Crippen LogP contribution in [-0.2, 0) is 0 Å². The summed E-state index contributed by atoms with van der Waals surface area (Å²) < 4.78 is 0. The van der Waals surface area contributed by atoms with Crippen molar-refractivity contribution < 1.29 is 4.79 Å². The lowest BCUT2D eigenvalue weighted by Crippen LogP contribution is -2.55. The van der Waals surface area contributed by atoms with E-state index in [-0.39, 0.29) is 5.91 Å². The summed E-state index contributed by atoms with van der Waals surface area (Å²) in [5.74, 6) is 3.36. The quantitative estimate of drug-likeness (QED) is 0.897. The number of amides is 1. The van der Waals surface area contributed by atoms with Crippen LogP contribution in [0.1, 0.15) is 48.3 Å². The Balaban J connectivity index is 1.50. The first-order valence-electron chi connectivity index (χ1n) is 7.93. The maximum absolute atomic E-state index is 12.4. The number of hydrogen-bond acceptors (Lipinski definition) is 2. The third-order valence-electron chi connectivity index (χ3n) is 5.65. The zero-order valence-corrected chi connectivity index (χ0v) is 12.0. The van der Waals surface area contributed by atoms with Gasteiger partial charge in [-0.15, -0.1) is 0 Å². The van der Waals surface area contributed by atoms with Crippen molar-refractivity contribution in [3.63, 3.8) is 0 Å². The smallest absolute Gasteiger partial charge is 0.270 e. The first kappa shape index (κ1) is 12.4. The van der Waals surface area contributed by atoms with Crippen molar-refractivity contribution in [3.05, 3.63) is 29.6 Å². The van der Waals surface area contributed by atoms with E-state index in [2.05, 4.69) is 10.3 Å². The summed E-state index contributed by atoms with van der Waals surface area (Å²) in [5.41, 5.74) is 1.47. The van der Waals surface area contributed by atoms with E-state index in [9.17, 15) is 4.79 Å². The van der Waals surface area contributed by atoms with Gasteiger partial charge in [0.15, 0.2) is 0 Å². The average Bonchev–Trinajstić information content (AvgIpc) is 2.42. The van der Waals surface area contributed by atoms with Gasteiger partial charge in [-0.1, -0.05) is 6.07 Å². The first-order chi connectivity index (χ1) is 9.69. The summed E-state index contributed by atoms with van der Waals surface area (Å²) in [6, 6.07) is 6.06. The molecule has 3 nitrogen and oxygen atoms in total. The van der Waals surface area contributed by atoms with Crippen LogP contribution in [0.5, 0.6) is 0 Å². The van der Waals surface area contributed by atoms with Crippen molar-refractivity contribution in [1.82, 2.24) is 10.3 Å². The lowest BCUT2D eigenvalue weighted by atomic mass is 9.54. The van der Waals surface area contributed by atoms with E-state index in [1.54, 1.807) is 0 Å². The molecule has 1 N–H and O–H groups in total. The molecule has 4 fully saturated rings. The van der Waals surface area contributed by atoms with Crippen molar-refractivity contribution in [1.29, 1.82) is 0 Å². The van der Waals surface area contributed by atoms with E-state index in [1.165, 1.54) is 32.1 Å². The Labute approximate surface area is 120 Å². The van der Waals surface area contributed by atoms with Gasteiger partial charge in [-0.3, -0.25) is 4.79 Å². The van der Waals surface area contributed by atoms with Crippen LogP contribution in [0, 0.1) is 30.6 Å². The van der Waals surface area contributed by atoms with Crippen LogP contribution in [0.3, 0.4) is 0 Å². The molecule has 1 aromatic rings. The van der Waals surface area contributed by atoms with Crippen LogP contribution in [0.4, 0.5) is 0 Å². The number of carbonyl (C=O) groups is 1. The van der Waals surface area contributed by atoms with E-state index >= 15 is 0 Å². The second-order valence-electron chi connectivity index (χ2n) is 7.09. The number of rotatable bonds is 2. The molecule has 0 atom stereocenters. The molecule has 4 saturated carbocycles. The second-order valence-corrected chi connectivity index (χ2v) is 7.09.